The number of carbonyl (C=O) groups excluding carboxylic acids is 2. The van der Waals surface area contributed by atoms with Gasteiger partial charge in [0.15, 0.2) is 0 Å². The second kappa shape index (κ2) is 7.72. The Morgan fingerprint density at radius 3 is 2.03 bits per heavy atom. The van der Waals surface area contributed by atoms with Crippen LogP contribution in [0.2, 0.25) is 5.02 Å². The second-order valence-corrected chi connectivity index (χ2v) is 7.20. The van der Waals surface area contributed by atoms with E-state index in [1.54, 1.807) is 18.2 Å². The number of amides is 2. The number of carbonyl (C=O) groups is 2. The Morgan fingerprint density at radius 1 is 0.833 bits per heavy atom. The molecule has 0 spiro atoms. The van der Waals surface area contributed by atoms with Gasteiger partial charge in [-0.15, -0.1) is 0 Å². The molecule has 0 atom stereocenters. The molecule has 30 heavy (non-hydrogen) atoms. The molecule has 7 heteroatoms. The molecule has 3 aromatic rings. The van der Waals surface area contributed by atoms with Crippen LogP contribution in [0, 0.1) is 18.6 Å². The fraction of sp³-hybridized carbons (Fsp3) is 0.0435. The molecule has 0 aliphatic carbocycles. The average molecular weight is 425 g/mol. The van der Waals surface area contributed by atoms with Gasteiger partial charge in [0.2, 0.25) is 0 Å². The Hall–Kier alpha value is -3.51. The zero-order valence-corrected chi connectivity index (χ0v) is 16.5. The molecule has 0 unspecified atom stereocenters. The highest BCUT2D eigenvalue weighted by molar-refractivity contribution is 6.46. The zero-order chi connectivity index (χ0) is 21.4. The SMILES string of the molecule is Cc1cc(Cl)ccc1NC1=C(c2ccc(F)cc2)C(=O)N(c2ccc(F)cc2)C1=O. The first-order valence-electron chi connectivity index (χ1n) is 9.03. The third-order valence-corrected chi connectivity index (χ3v) is 4.98. The molecule has 0 radical (unpaired) electrons. The molecule has 150 valence electrons. The van der Waals surface area contributed by atoms with Crippen LogP contribution in [0.3, 0.4) is 0 Å². The molecular weight excluding hydrogens is 410 g/mol. The van der Waals surface area contributed by atoms with Gasteiger partial charge in [-0.3, -0.25) is 9.59 Å². The number of benzene rings is 3. The van der Waals surface area contributed by atoms with Crippen LogP contribution in [0.25, 0.3) is 5.57 Å². The molecule has 1 N–H and O–H groups in total. The minimum absolute atomic E-state index is 0.0429. The van der Waals surface area contributed by atoms with Crippen molar-refractivity contribution < 1.29 is 18.4 Å². The Labute approximate surface area is 176 Å². The Morgan fingerprint density at radius 2 is 1.43 bits per heavy atom. The molecule has 1 heterocycles. The highest BCUT2D eigenvalue weighted by Crippen LogP contribution is 2.34. The average Bonchev–Trinajstić information content (AvgIpc) is 2.95. The first-order chi connectivity index (χ1) is 14.3. The summed E-state index contributed by atoms with van der Waals surface area (Å²) in [5.74, 6) is -2.14. The van der Waals surface area contributed by atoms with Crippen molar-refractivity contribution in [1.29, 1.82) is 0 Å². The van der Waals surface area contributed by atoms with E-state index in [1.165, 1.54) is 48.5 Å². The summed E-state index contributed by atoms with van der Waals surface area (Å²) in [6, 6.07) is 15.4. The third-order valence-electron chi connectivity index (χ3n) is 4.75. The topological polar surface area (TPSA) is 49.4 Å². The van der Waals surface area contributed by atoms with Crippen molar-refractivity contribution in [2.24, 2.45) is 0 Å². The van der Waals surface area contributed by atoms with Gasteiger partial charge in [-0.25, -0.2) is 13.7 Å². The van der Waals surface area contributed by atoms with Crippen LogP contribution in [-0.4, -0.2) is 11.8 Å². The van der Waals surface area contributed by atoms with Crippen LogP contribution in [0.4, 0.5) is 20.2 Å². The first-order valence-corrected chi connectivity index (χ1v) is 9.40. The van der Waals surface area contributed by atoms with Crippen LogP contribution in [0.5, 0.6) is 0 Å². The number of rotatable bonds is 4. The Kier molecular flexibility index (Phi) is 5.10. The van der Waals surface area contributed by atoms with Gasteiger partial charge in [0.05, 0.1) is 11.3 Å². The van der Waals surface area contributed by atoms with Crippen molar-refractivity contribution in [3.8, 4) is 0 Å². The van der Waals surface area contributed by atoms with Gasteiger partial charge >= 0.3 is 0 Å². The lowest BCUT2D eigenvalue weighted by Gasteiger charge is -2.15. The number of halogens is 3. The van der Waals surface area contributed by atoms with E-state index in [9.17, 15) is 18.4 Å². The van der Waals surface area contributed by atoms with Gasteiger partial charge < -0.3 is 5.32 Å². The summed E-state index contributed by atoms with van der Waals surface area (Å²) < 4.78 is 26.8. The lowest BCUT2D eigenvalue weighted by molar-refractivity contribution is -0.120. The minimum Gasteiger partial charge on any atom is -0.350 e. The fourth-order valence-electron chi connectivity index (χ4n) is 3.26. The van der Waals surface area contributed by atoms with E-state index in [4.69, 9.17) is 11.6 Å². The van der Waals surface area contributed by atoms with Crippen molar-refractivity contribution in [3.05, 3.63) is 100 Å². The van der Waals surface area contributed by atoms with Gasteiger partial charge in [0, 0.05) is 10.7 Å². The molecule has 0 fully saturated rings. The van der Waals surface area contributed by atoms with Crippen LogP contribution < -0.4 is 10.2 Å². The quantitative estimate of drug-likeness (QED) is 0.576. The number of imide groups is 1. The molecule has 1 aliphatic rings. The van der Waals surface area contributed by atoms with Gasteiger partial charge in [0.25, 0.3) is 11.8 Å². The molecule has 0 saturated carbocycles. The van der Waals surface area contributed by atoms with Crippen molar-refractivity contribution in [2.75, 3.05) is 10.2 Å². The number of anilines is 2. The number of nitrogens with one attached hydrogen (secondary N) is 1. The molecule has 1 aliphatic heterocycles. The lowest BCUT2D eigenvalue weighted by atomic mass is 10.0. The Bertz CT molecular complexity index is 1190. The van der Waals surface area contributed by atoms with E-state index >= 15 is 0 Å². The van der Waals surface area contributed by atoms with Crippen molar-refractivity contribution in [3.63, 3.8) is 0 Å². The van der Waals surface area contributed by atoms with Gasteiger partial charge in [-0.05, 0) is 72.6 Å². The van der Waals surface area contributed by atoms with Gasteiger partial charge in [-0.1, -0.05) is 23.7 Å². The molecule has 4 nitrogen and oxygen atoms in total. The maximum atomic E-state index is 13.4. The Balaban J connectivity index is 1.83. The van der Waals surface area contributed by atoms with Crippen LogP contribution >= 0.6 is 11.6 Å². The van der Waals surface area contributed by atoms with Crippen LogP contribution in [-0.2, 0) is 9.59 Å². The summed E-state index contributed by atoms with van der Waals surface area (Å²) in [7, 11) is 0. The lowest BCUT2D eigenvalue weighted by Crippen LogP contribution is -2.32. The highest BCUT2D eigenvalue weighted by Gasteiger charge is 2.40. The van der Waals surface area contributed by atoms with E-state index in [0.29, 0.717) is 16.3 Å². The summed E-state index contributed by atoms with van der Waals surface area (Å²) in [6.45, 7) is 1.81. The zero-order valence-electron chi connectivity index (χ0n) is 15.7. The number of hydrogen-bond acceptors (Lipinski definition) is 3. The summed E-state index contributed by atoms with van der Waals surface area (Å²) in [5.41, 5.74) is 2.12. The van der Waals surface area contributed by atoms with E-state index < -0.39 is 23.4 Å². The summed E-state index contributed by atoms with van der Waals surface area (Å²) >= 11 is 6.01. The van der Waals surface area contributed by atoms with Crippen molar-refractivity contribution in [1.82, 2.24) is 0 Å². The van der Waals surface area contributed by atoms with Crippen molar-refractivity contribution in [2.45, 2.75) is 6.92 Å². The molecular formula is C23H15ClF2N2O2. The van der Waals surface area contributed by atoms with Crippen molar-refractivity contribution >= 4 is 40.4 Å². The molecule has 0 bridgehead atoms. The standard InChI is InChI=1S/C23H15ClF2N2O2/c1-13-12-15(24)4-11-19(13)27-21-20(14-2-5-16(25)6-3-14)22(29)28(23(21)30)18-9-7-17(26)8-10-18/h2-12,27H,1H3. The van der Waals surface area contributed by atoms with E-state index in [0.717, 1.165) is 10.5 Å². The van der Waals surface area contributed by atoms with E-state index in [2.05, 4.69) is 5.32 Å². The molecule has 4 rings (SSSR count). The van der Waals surface area contributed by atoms with E-state index in [-0.39, 0.29) is 17.0 Å². The molecule has 0 saturated heterocycles. The van der Waals surface area contributed by atoms with Crippen LogP contribution in [0.15, 0.2) is 72.4 Å². The predicted molar refractivity (Wildman–Crippen MR) is 112 cm³/mol. The molecule has 3 aromatic carbocycles. The number of aryl methyl sites for hydroxylation is 1. The number of hydrogen-bond donors (Lipinski definition) is 1. The van der Waals surface area contributed by atoms with E-state index in [1.807, 2.05) is 6.92 Å². The molecule has 2 amide bonds. The summed E-state index contributed by atoms with van der Waals surface area (Å²) in [4.78, 5) is 27.4. The minimum atomic E-state index is -0.597. The predicted octanol–water partition coefficient (Wildman–Crippen LogP) is 5.32. The highest BCUT2D eigenvalue weighted by atomic mass is 35.5. The van der Waals surface area contributed by atoms with Gasteiger partial charge in [-0.2, -0.15) is 0 Å². The maximum Gasteiger partial charge on any atom is 0.282 e. The monoisotopic (exact) mass is 424 g/mol. The first kappa shape index (κ1) is 19.8. The smallest absolute Gasteiger partial charge is 0.282 e. The van der Waals surface area contributed by atoms with Crippen LogP contribution in [0.1, 0.15) is 11.1 Å². The normalized spacial score (nSPS) is 13.9. The maximum absolute atomic E-state index is 13.4. The van der Waals surface area contributed by atoms with Gasteiger partial charge in [0.1, 0.15) is 17.3 Å². The second-order valence-electron chi connectivity index (χ2n) is 6.76. The third kappa shape index (κ3) is 3.57. The fourth-order valence-corrected chi connectivity index (χ4v) is 3.48. The largest absolute Gasteiger partial charge is 0.350 e. The number of nitrogens with zero attached hydrogens (tertiary/aromatic N) is 1. The summed E-state index contributed by atoms with van der Waals surface area (Å²) in [6.07, 6.45) is 0. The molecule has 0 aromatic heterocycles. The summed E-state index contributed by atoms with van der Waals surface area (Å²) in [5, 5.41) is 3.57.